The van der Waals surface area contributed by atoms with Crippen LogP contribution in [0.25, 0.3) is 0 Å². The van der Waals surface area contributed by atoms with Crippen molar-refractivity contribution in [3.63, 3.8) is 0 Å². The average molecular weight is 912 g/mol. The molecule has 66 heavy (non-hydrogen) atoms. The number of carbonyl (C=O) groups is 6. The van der Waals surface area contributed by atoms with Crippen molar-refractivity contribution in [2.75, 3.05) is 6.61 Å². The average Bonchev–Trinajstić information content (AvgIpc) is 3.26. The smallest absolute Gasteiger partial charge is 0.408 e. The number of fused-ring (bicyclic) bond motifs is 5. The van der Waals surface area contributed by atoms with Crippen molar-refractivity contribution in [1.82, 2.24) is 5.32 Å². The fourth-order valence-electron chi connectivity index (χ4n) is 10.5. The van der Waals surface area contributed by atoms with Gasteiger partial charge in [-0.15, -0.1) is 0 Å². The van der Waals surface area contributed by atoms with Gasteiger partial charge in [0.1, 0.15) is 41.7 Å². The summed E-state index contributed by atoms with van der Waals surface area (Å²) in [5.74, 6) is -6.37. The summed E-state index contributed by atoms with van der Waals surface area (Å²) in [5, 5.41) is 40.6. The Hall–Kier alpha value is -5.94. The topological polar surface area (TPSA) is 231 Å². The van der Waals surface area contributed by atoms with Gasteiger partial charge in [-0.2, -0.15) is 0 Å². The Balaban J connectivity index is 1.39. The van der Waals surface area contributed by atoms with E-state index in [0.29, 0.717) is 5.56 Å². The lowest BCUT2D eigenvalue weighted by molar-refractivity contribution is -0.345. The van der Waals surface area contributed by atoms with Gasteiger partial charge in [0.15, 0.2) is 17.5 Å². The fourth-order valence-corrected chi connectivity index (χ4v) is 10.5. The van der Waals surface area contributed by atoms with E-state index in [0.717, 1.165) is 6.92 Å². The van der Waals surface area contributed by atoms with Crippen LogP contribution in [0, 0.1) is 16.7 Å². The highest BCUT2D eigenvalue weighted by Crippen LogP contribution is 2.64. The summed E-state index contributed by atoms with van der Waals surface area (Å²) in [6.45, 7) is 11.8. The van der Waals surface area contributed by atoms with E-state index in [9.17, 15) is 39.3 Å². The van der Waals surface area contributed by atoms with E-state index in [4.69, 9.17) is 28.4 Å². The van der Waals surface area contributed by atoms with Crippen molar-refractivity contribution in [1.29, 1.82) is 0 Å². The maximum atomic E-state index is 15.6. The van der Waals surface area contributed by atoms with Gasteiger partial charge in [0, 0.05) is 25.2 Å². The summed E-state index contributed by atoms with van der Waals surface area (Å²) in [7, 11) is 0. The van der Waals surface area contributed by atoms with Crippen LogP contribution in [0.1, 0.15) is 101 Å². The van der Waals surface area contributed by atoms with E-state index in [1.165, 1.54) is 38.1 Å². The van der Waals surface area contributed by atoms with Gasteiger partial charge in [-0.1, -0.05) is 80.6 Å². The molecule has 3 aromatic rings. The molecule has 2 unspecified atom stereocenters. The van der Waals surface area contributed by atoms with Crippen LogP contribution >= 0.6 is 0 Å². The number of ketones is 1. The molecule has 1 amide bonds. The minimum Gasteiger partial charge on any atom is -0.458 e. The monoisotopic (exact) mass is 911 g/mol. The highest BCUT2D eigenvalue weighted by molar-refractivity contribution is 5.95. The SMILES string of the molecule is CC(=O)O[C@@]12CO[C@@H]1C[C@H](OC(=O)c1ccccc1)[C@@]1(C)C(=O)[C@H](O)C3=C(C)[C@@H](OC(=O)[C@H](O)[C@@H](NC(=O)OC(C)(C)C)c4ccccc4)C[C@@](O)(C(OC(=O)c4ccccc4)C12)C3(C)C. The van der Waals surface area contributed by atoms with Crippen LogP contribution in [0.2, 0.25) is 0 Å². The van der Waals surface area contributed by atoms with Gasteiger partial charge >= 0.3 is 30.0 Å². The maximum Gasteiger partial charge on any atom is 0.408 e. The summed E-state index contributed by atoms with van der Waals surface area (Å²) < 4.78 is 36.3. The first kappa shape index (κ1) is 48.0. The lowest BCUT2D eigenvalue weighted by atomic mass is 9.44. The standard InChI is InChI=1S/C50H57NO15/c1-27-32(62-44(58)38(54)36(29-18-12-9-13-19-29)51-45(59)66-46(3,4)5)25-50(60)41(64-43(57)31-22-16-11-17-23-31)39-48(8,40(55)37(53)35(27)47(50,6)7)33(63-42(56)30-20-14-10-15-21-30)24-34-49(39,26-61-34)65-28(2)52/h9-23,32-34,36-39,41,53-54,60H,24-26H2,1-8H3,(H,51,59)/t32-,33-,34+,36-,37+,38+,39?,41?,48+,49-,50+/m0/s1. The Labute approximate surface area is 382 Å². The molecule has 2 saturated carbocycles. The largest absolute Gasteiger partial charge is 0.458 e. The number of nitrogens with one attached hydrogen (secondary N) is 1. The predicted molar refractivity (Wildman–Crippen MR) is 233 cm³/mol. The van der Waals surface area contributed by atoms with Gasteiger partial charge in [-0.3, -0.25) is 9.59 Å². The molecule has 4 aliphatic rings. The van der Waals surface area contributed by atoms with Crippen LogP contribution in [0.4, 0.5) is 4.79 Å². The van der Waals surface area contributed by atoms with E-state index in [2.05, 4.69) is 5.32 Å². The Morgan fingerprint density at radius 2 is 1.38 bits per heavy atom. The lowest BCUT2D eigenvalue weighted by Gasteiger charge is -2.67. The molecule has 16 nitrogen and oxygen atoms in total. The molecule has 0 spiro atoms. The van der Waals surface area contributed by atoms with Gasteiger partial charge in [-0.25, -0.2) is 19.2 Å². The third kappa shape index (κ3) is 8.39. The molecule has 0 radical (unpaired) electrons. The molecule has 2 bridgehead atoms. The summed E-state index contributed by atoms with van der Waals surface area (Å²) in [6.07, 6.45) is -11.8. The summed E-state index contributed by atoms with van der Waals surface area (Å²) >= 11 is 0. The van der Waals surface area contributed by atoms with Crippen molar-refractivity contribution in [2.24, 2.45) is 16.7 Å². The molecular formula is C50H57NO15. The molecule has 3 aromatic carbocycles. The zero-order valence-corrected chi connectivity index (χ0v) is 38.1. The van der Waals surface area contributed by atoms with Gasteiger partial charge in [0.2, 0.25) is 0 Å². The summed E-state index contributed by atoms with van der Waals surface area (Å²) in [6, 6.07) is 22.6. The quantitative estimate of drug-likeness (QED) is 0.117. The van der Waals surface area contributed by atoms with Gasteiger partial charge in [0.25, 0.3) is 0 Å². The Kier molecular flexibility index (Phi) is 12.9. The van der Waals surface area contributed by atoms with Crippen LogP contribution in [0.15, 0.2) is 102 Å². The minimum atomic E-state index is -2.43. The first-order valence-corrected chi connectivity index (χ1v) is 21.9. The third-order valence-corrected chi connectivity index (χ3v) is 13.8. The summed E-state index contributed by atoms with van der Waals surface area (Å²) in [4.78, 5) is 84.5. The third-order valence-electron chi connectivity index (χ3n) is 13.8. The number of esters is 4. The second-order valence-electron chi connectivity index (χ2n) is 19.3. The zero-order chi connectivity index (χ0) is 48.1. The number of hydrogen-bond donors (Lipinski definition) is 4. The number of rotatable bonds is 10. The number of alkyl carbamates (subject to hydrolysis) is 1. The Bertz CT molecular complexity index is 2400. The first-order valence-electron chi connectivity index (χ1n) is 21.9. The Morgan fingerprint density at radius 1 is 0.833 bits per heavy atom. The van der Waals surface area contributed by atoms with Crippen LogP contribution in [-0.4, -0.2) is 111 Å². The zero-order valence-electron chi connectivity index (χ0n) is 38.1. The molecule has 1 saturated heterocycles. The van der Waals surface area contributed by atoms with E-state index in [1.807, 2.05) is 0 Å². The van der Waals surface area contributed by atoms with Crippen LogP contribution in [-0.2, 0) is 42.8 Å². The maximum absolute atomic E-state index is 15.6. The highest BCUT2D eigenvalue weighted by atomic mass is 16.6. The molecule has 352 valence electrons. The van der Waals surface area contributed by atoms with E-state index in [1.54, 1.807) is 101 Å². The van der Waals surface area contributed by atoms with E-state index < -0.39 is 118 Å². The highest BCUT2D eigenvalue weighted by Gasteiger charge is 2.78. The molecule has 7 rings (SSSR count). The molecule has 0 aromatic heterocycles. The van der Waals surface area contributed by atoms with E-state index >= 15 is 4.79 Å². The van der Waals surface area contributed by atoms with Crippen LogP contribution in [0.3, 0.4) is 0 Å². The van der Waals surface area contributed by atoms with Gasteiger partial charge in [0.05, 0.1) is 35.1 Å². The number of carbonyl (C=O) groups excluding carboxylic acids is 6. The van der Waals surface area contributed by atoms with Gasteiger partial charge < -0.3 is 49.1 Å². The number of ether oxygens (including phenoxy) is 6. The van der Waals surface area contributed by atoms with Crippen molar-refractivity contribution >= 4 is 35.8 Å². The molecule has 3 fully saturated rings. The summed E-state index contributed by atoms with van der Waals surface area (Å²) in [5.41, 5.74) is -8.42. The minimum absolute atomic E-state index is 0.0538. The number of aliphatic hydroxyl groups excluding tert-OH is 2. The fraction of sp³-hybridized carbons (Fsp3) is 0.480. The molecule has 1 aliphatic heterocycles. The number of amides is 1. The van der Waals surface area contributed by atoms with Crippen LogP contribution in [0.5, 0.6) is 0 Å². The van der Waals surface area contributed by atoms with Gasteiger partial charge in [-0.05, 0) is 75.6 Å². The van der Waals surface area contributed by atoms with Crippen molar-refractivity contribution in [3.05, 3.63) is 119 Å². The van der Waals surface area contributed by atoms with Crippen molar-refractivity contribution in [3.8, 4) is 0 Å². The molecule has 11 atom stereocenters. The van der Waals surface area contributed by atoms with E-state index in [-0.39, 0.29) is 35.3 Å². The second kappa shape index (κ2) is 17.7. The molecule has 3 aliphatic carbocycles. The number of hydrogen-bond acceptors (Lipinski definition) is 15. The first-order chi connectivity index (χ1) is 31.0. The predicted octanol–water partition coefficient (Wildman–Crippen LogP) is 5.12. The molecule has 16 heteroatoms. The van der Waals surface area contributed by atoms with Crippen LogP contribution < -0.4 is 5.32 Å². The Morgan fingerprint density at radius 3 is 1.89 bits per heavy atom. The van der Waals surface area contributed by atoms with Crippen molar-refractivity contribution in [2.45, 2.75) is 128 Å². The normalized spacial score (nSPS) is 30.9. The second-order valence-corrected chi connectivity index (χ2v) is 19.3. The number of Topliss-reactive ketones (excluding diaryl/α,β-unsaturated/α-hetero) is 1. The van der Waals surface area contributed by atoms with Crippen molar-refractivity contribution < 1.29 is 72.5 Å². The molecular weight excluding hydrogens is 855 g/mol. The lowest BCUT2D eigenvalue weighted by Crippen LogP contribution is -2.82. The number of benzene rings is 3. The molecule has 4 N–H and O–H groups in total. The molecule has 1 heterocycles. The number of aliphatic hydroxyl groups is 3.